The molecule has 1 saturated heterocycles. The Morgan fingerprint density at radius 2 is 2.33 bits per heavy atom. The third kappa shape index (κ3) is 2.68. The van der Waals surface area contributed by atoms with Crippen molar-refractivity contribution >= 4 is 11.8 Å². The SMILES string of the molecule is C=CCN1C[C@@H](C(=O)NCc2nnc3n2CCC3)CC1=O. The summed E-state index contributed by atoms with van der Waals surface area (Å²) in [6, 6.07) is 0. The van der Waals surface area contributed by atoms with Crippen LogP contribution in [0.15, 0.2) is 12.7 Å². The summed E-state index contributed by atoms with van der Waals surface area (Å²) in [5.74, 6) is 1.43. The van der Waals surface area contributed by atoms with Crippen molar-refractivity contribution in [3.63, 3.8) is 0 Å². The van der Waals surface area contributed by atoms with Gasteiger partial charge >= 0.3 is 0 Å². The zero-order chi connectivity index (χ0) is 14.8. The molecule has 0 radical (unpaired) electrons. The molecule has 3 heterocycles. The average Bonchev–Trinajstić information content (AvgIpc) is 3.14. The van der Waals surface area contributed by atoms with Crippen LogP contribution in [0.4, 0.5) is 0 Å². The van der Waals surface area contributed by atoms with E-state index in [0.29, 0.717) is 19.6 Å². The number of carbonyl (C=O) groups excluding carboxylic acids is 2. The molecular weight excluding hydrogens is 270 g/mol. The monoisotopic (exact) mass is 289 g/mol. The van der Waals surface area contributed by atoms with Crippen molar-refractivity contribution in [1.82, 2.24) is 25.0 Å². The van der Waals surface area contributed by atoms with E-state index < -0.39 is 0 Å². The van der Waals surface area contributed by atoms with Gasteiger partial charge < -0.3 is 14.8 Å². The van der Waals surface area contributed by atoms with Crippen LogP contribution in [0, 0.1) is 5.92 Å². The molecule has 0 unspecified atom stereocenters. The summed E-state index contributed by atoms with van der Waals surface area (Å²) in [5, 5.41) is 11.1. The van der Waals surface area contributed by atoms with E-state index in [4.69, 9.17) is 0 Å². The van der Waals surface area contributed by atoms with Crippen LogP contribution in [0.5, 0.6) is 0 Å². The highest BCUT2D eigenvalue weighted by molar-refractivity contribution is 5.89. The van der Waals surface area contributed by atoms with E-state index >= 15 is 0 Å². The topological polar surface area (TPSA) is 80.1 Å². The molecule has 21 heavy (non-hydrogen) atoms. The number of aromatic nitrogens is 3. The Morgan fingerprint density at radius 3 is 3.14 bits per heavy atom. The fraction of sp³-hybridized carbons (Fsp3) is 0.571. The van der Waals surface area contributed by atoms with E-state index in [9.17, 15) is 9.59 Å². The number of fused-ring (bicyclic) bond motifs is 1. The number of hydrogen-bond acceptors (Lipinski definition) is 4. The number of nitrogens with zero attached hydrogens (tertiary/aromatic N) is 4. The molecule has 0 aliphatic carbocycles. The first-order valence-electron chi connectivity index (χ1n) is 7.26. The summed E-state index contributed by atoms with van der Waals surface area (Å²) in [7, 11) is 0. The maximum Gasteiger partial charge on any atom is 0.225 e. The summed E-state index contributed by atoms with van der Waals surface area (Å²) < 4.78 is 2.06. The minimum atomic E-state index is -0.279. The second kappa shape index (κ2) is 5.67. The van der Waals surface area contributed by atoms with Crippen molar-refractivity contribution in [3.8, 4) is 0 Å². The molecule has 1 aromatic rings. The minimum Gasteiger partial charge on any atom is -0.348 e. The summed E-state index contributed by atoms with van der Waals surface area (Å²) in [6.45, 7) is 5.88. The number of amides is 2. The normalized spacial score (nSPS) is 20.7. The molecule has 2 aliphatic rings. The Morgan fingerprint density at radius 1 is 1.48 bits per heavy atom. The summed E-state index contributed by atoms with van der Waals surface area (Å²) >= 11 is 0. The van der Waals surface area contributed by atoms with E-state index in [2.05, 4.69) is 26.7 Å². The number of aryl methyl sites for hydroxylation is 1. The molecule has 1 atom stereocenters. The van der Waals surface area contributed by atoms with Gasteiger partial charge in [-0.25, -0.2) is 0 Å². The smallest absolute Gasteiger partial charge is 0.225 e. The Balaban J connectivity index is 1.55. The van der Waals surface area contributed by atoms with Gasteiger partial charge in [0.05, 0.1) is 12.5 Å². The fourth-order valence-electron chi connectivity index (χ4n) is 2.93. The van der Waals surface area contributed by atoms with Crippen molar-refractivity contribution in [2.75, 3.05) is 13.1 Å². The van der Waals surface area contributed by atoms with Crippen LogP contribution in [0.2, 0.25) is 0 Å². The second-order valence-electron chi connectivity index (χ2n) is 5.49. The quantitative estimate of drug-likeness (QED) is 0.766. The first-order valence-corrected chi connectivity index (χ1v) is 7.26. The van der Waals surface area contributed by atoms with Crippen molar-refractivity contribution in [2.45, 2.75) is 32.4 Å². The number of likely N-dealkylation sites (tertiary alicyclic amines) is 1. The van der Waals surface area contributed by atoms with Crippen LogP contribution in [0.1, 0.15) is 24.5 Å². The number of carbonyl (C=O) groups is 2. The van der Waals surface area contributed by atoms with Gasteiger partial charge in [0, 0.05) is 32.5 Å². The standard InChI is InChI=1S/C14H19N5O2/c1-2-5-18-9-10(7-13(18)20)14(21)15-8-12-17-16-11-4-3-6-19(11)12/h2,10H,1,3-9H2,(H,15,21)/t10-/m0/s1. The summed E-state index contributed by atoms with van der Waals surface area (Å²) in [6.07, 6.45) is 3.99. The van der Waals surface area contributed by atoms with Crippen LogP contribution < -0.4 is 5.32 Å². The van der Waals surface area contributed by atoms with E-state index in [1.165, 1.54) is 0 Å². The minimum absolute atomic E-state index is 0.0124. The van der Waals surface area contributed by atoms with Crippen LogP contribution in [-0.4, -0.2) is 44.6 Å². The van der Waals surface area contributed by atoms with Gasteiger partial charge in [0.25, 0.3) is 0 Å². The van der Waals surface area contributed by atoms with Crippen LogP contribution in [0.3, 0.4) is 0 Å². The third-order valence-corrected chi connectivity index (χ3v) is 4.04. The van der Waals surface area contributed by atoms with Crippen LogP contribution >= 0.6 is 0 Å². The Kier molecular flexibility index (Phi) is 3.72. The zero-order valence-electron chi connectivity index (χ0n) is 11.9. The van der Waals surface area contributed by atoms with Crippen molar-refractivity contribution in [2.24, 2.45) is 5.92 Å². The summed E-state index contributed by atoms with van der Waals surface area (Å²) in [4.78, 5) is 25.6. The van der Waals surface area contributed by atoms with E-state index in [0.717, 1.165) is 31.0 Å². The first kappa shape index (κ1) is 13.8. The lowest BCUT2D eigenvalue weighted by atomic mass is 10.1. The maximum atomic E-state index is 12.2. The highest BCUT2D eigenvalue weighted by Crippen LogP contribution is 2.18. The molecule has 112 valence electrons. The molecule has 0 aromatic carbocycles. The molecule has 7 heteroatoms. The molecule has 0 bridgehead atoms. The maximum absolute atomic E-state index is 12.2. The molecule has 3 rings (SSSR count). The third-order valence-electron chi connectivity index (χ3n) is 4.04. The van der Waals surface area contributed by atoms with Gasteiger partial charge in [-0.05, 0) is 6.42 Å². The van der Waals surface area contributed by atoms with E-state index in [1.807, 2.05) is 0 Å². The predicted molar refractivity (Wildman–Crippen MR) is 75.1 cm³/mol. The molecule has 1 fully saturated rings. The van der Waals surface area contributed by atoms with Crippen LogP contribution in [0.25, 0.3) is 0 Å². The van der Waals surface area contributed by atoms with Gasteiger partial charge in [0.15, 0.2) is 5.82 Å². The van der Waals surface area contributed by atoms with Gasteiger partial charge in [-0.1, -0.05) is 6.08 Å². The van der Waals surface area contributed by atoms with E-state index in [1.54, 1.807) is 11.0 Å². The number of hydrogen-bond donors (Lipinski definition) is 1. The predicted octanol–water partition coefficient (Wildman–Crippen LogP) is -0.125. The second-order valence-corrected chi connectivity index (χ2v) is 5.49. The zero-order valence-corrected chi connectivity index (χ0v) is 11.9. The molecular formula is C14H19N5O2. The molecule has 0 spiro atoms. The van der Waals surface area contributed by atoms with Gasteiger partial charge in [-0.15, -0.1) is 16.8 Å². The average molecular weight is 289 g/mol. The number of rotatable bonds is 5. The molecule has 2 aliphatic heterocycles. The van der Waals surface area contributed by atoms with Crippen LogP contribution in [-0.2, 0) is 29.1 Å². The number of nitrogens with one attached hydrogen (secondary N) is 1. The molecule has 2 amide bonds. The largest absolute Gasteiger partial charge is 0.348 e. The Bertz CT molecular complexity index is 580. The lowest BCUT2D eigenvalue weighted by Gasteiger charge is -2.14. The highest BCUT2D eigenvalue weighted by atomic mass is 16.2. The molecule has 7 nitrogen and oxygen atoms in total. The molecule has 0 saturated carbocycles. The Labute approximate surface area is 123 Å². The van der Waals surface area contributed by atoms with Crippen molar-refractivity contribution in [1.29, 1.82) is 0 Å². The van der Waals surface area contributed by atoms with Crippen molar-refractivity contribution in [3.05, 3.63) is 24.3 Å². The van der Waals surface area contributed by atoms with Gasteiger partial charge in [0.2, 0.25) is 11.8 Å². The fourth-order valence-corrected chi connectivity index (χ4v) is 2.93. The lowest BCUT2D eigenvalue weighted by molar-refractivity contribution is -0.128. The van der Waals surface area contributed by atoms with Gasteiger partial charge in [-0.2, -0.15) is 0 Å². The molecule has 1 N–H and O–H groups in total. The molecule has 1 aromatic heterocycles. The van der Waals surface area contributed by atoms with Gasteiger partial charge in [-0.3, -0.25) is 9.59 Å². The first-order chi connectivity index (χ1) is 10.2. The van der Waals surface area contributed by atoms with E-state index in [-0.39, 0.29) is 24.2 Å². The summed E-state index contributed by atoms with van der Waals surface area (Å²) in [5.41, 5.74) is 0. The highest BCUT2D eigenvalue weighted by Gasteiger charge is 2.33. The Hall–Kier alpha value is -2.18. The lowest BCUT2D eigenvalue weighted by Crippen LogP contribution is -2.33. The van der Waals surface area contributed by atoms with Gasteiger partial charge in [0.1, 0.15) is 5.82 Å². The van der Waals surface area contributed by atoms with Crippen molar-refractivity contribution < 1.29 is 9.59 Å².